The standard InChI is InChI=1S/C15H19NO/c1-10-7-12(3)14(8-11(10)2)13-5-6-17-15(13)9-16-4/h5-8,16H,9H2,1-4H3. The maximum Gasteiger partial charge on any atom is 0.125 e. The fourth-order valence-electron chi connectivity index (χ4n) is 2.13. The fourth-order valence-corrected chi connectivity index (χ4v) is 2.13. The summed E-state index contributed by atoms with van der Waals surface area (Å²) in [7, 11) is 1.93. The summed E-state index contributed by atoms with van der Waals surface area (Å²) in [6.07, 6.45) is 1.76. The van der Waals surface area contributed by atoms with Crippen molar-refractivity contribution in [3.8, 4) is 11.1 Å². The number of hydrogen-bond acceptors (Lipinski definition) is 2. The van der Waals surface area contributed by atoms with Gasteiger partial charge >= 0.3 is 0 Å². The van der Waals surface area contributed by atoms with Crippen LogP contribution in [0.15, 0.2) is 28.9 Å². The van der Waals surface area contributed by atoms with Crippen molar-refractivity contribution in [2.45, 2.75) is 27.3 Å². The Bertz CT molecular complexity index is 526. The second kappa shape index (κ2) is 4.76. The highest BCUT2D eigenvalue weighted by Gasteiger charge is 2.11. The Balaban J connectivity index is 2.52. The van der Waals surface area contributed by atoms with E-state index >= 15 is 0 Å². The molecule has 0 saturated heterocycles. The molecule has 0 saturated carbocycles. The number of furan rings is 1. The van der Waals surface area contributed by atoms with Crippen molar-refractivity contribution in [3.63, 3.8) is 0 Å². The van der Waals surface area contributed by atoms with Crippen LogP contribution in [-0.4, -0.2) is 7.05 Å². The molecule has 0 spiro atoms. The first kappa shape index (κ1) is 11.9. The summed E-state index contributed by atoms with van der Waals surface area (Å²) in [6.45, 7) is 7.21. The third-order valence-electron chi connectivity index (χ3n) is 3.21. The molecule has 0 aliphatic rings. The second-order valence-electron chi connectivity index (χ2n) is 4.54. The molecule has 0 aliphatic carbocycles. The van der Waals surface area contributed by atoms with Crippen molar-refractivity contribution in [1.82, 2.24) is 5.32 Å². The van der Waals surface area contributed by atoms with E-state index < -0.39 is 0 Å². The van der Waals surface area contributed by atoms with Crippen LogP contribution in [0.1, 0.15) is 22.5 Å². The summed E-state index contributed by atoms with van der Waals surface area (Å²) in [5, 5.41) is 3.13. The molecule has 0 aliphatic heterocycles. The van der Waals surface area contributed by atoms with Gasteiger partial charge in [0.15, 0.2) is 0 Å². The molecule has 0 atom stereocenters. The average molecular weight is 229 g/mol. The van der Waals surface area contributed by atoms with Gasteiger partial charge in [0.25, 0.3) is 0 Å². The lowest BCUT2D eigenvalue weighted by molar-refractivity contribution is 0.496. The molecular formula is C15H19NO. The molecule has 2 nitrogen and oxygen atoms in total. The maximum absolute atomic E-state index is 5.52. The monoisotopic (exact) mass is 229 g/mol. The van der Waals surface area contributed by atoms with Crippen LogP contribution < -0.4 is 5.32 Å². The van der Waals surface area contributed by atoms with Crippen LogP contribution >= 0.6 is 0 Å². The molecule has 1 N–H and O–H groups in total. The van der Waals surface area contributed by atoms with Crippen LogP contribution in [0.4, 0.5) is 0 Å². The van der Waals surface area contributed by atoms with E-state index in [2.05, 4.69) is 38.2 Å². The van der Waals surface area contributed by atoms with Gasteiger partial charge in [-0.1, -0.05) is 12.1 Å². The SMILES string of the molecule is CNCc1occc1-c1cc(C)c(C)cc1C. The third-order valence-corrected chi connectivity index (χ3v) is 3.21. The van der Waals surface area contributed by atoms with Crippen LogP contribution in [0.3, 0.4) is 0 Å². The van der Waals surface area contributed by atoms with Crippen LogP contribution in [-0.2, 0) is 6.54 Å². The molecule has 2 rings (SSSR count). The zero-order valence-corrected chi connectivity index (χ0v) is 10.9. The molecule has 0 amide bonds. The van der Waals surface area contributed by atoms with Crippen molar-refractivity contribution in [1.29, 1.82) is 0 Å². The Kier molecular flexibility index (Phi) is 3.34. The van der Waals surface area contributed by atoms with Gasteiger partial charge in [-0.25, -0.2) is 0 Å². The highest BCUT2D eigenvalue weighted by atomic mass is 16.3. The van der Waals surface area contributed by atoms with Crippen molar-refractivity contribution in [2.75, 3.05) is 7.05 Å². The summed E-state index contributed by atoms with van der Waals surface area (Å²) in [6, 6.07) is 6.53. The van der Waals surface area contributed by atoms with Gasteiger partial charge in [-0.05, 0) is 56.1 Å². The fraction of sp³-hybridized carbons (Fsp3) is 0.333. The minimum atomic E-state index is 0.759. The molecule has 1 aromatic heterocycles. The van der Waals surface area contributed by atoms with E-state index in [0.29, 0.717) is 0 Å². The number of rotatable bonds is 3. The van der Waals surface area contributed by atoms with E-state index in [0.717, 1.165) is 12.3 Å². The summed E-state index contributed by atoms with van der Waals surface area (Å²) in [5.41, 5.74) is 6.42. The summed E-state index contributed by atoms with van der Waals surface area (Å²) in [5.74, 6) is 0.999. The van der Waals surface area contributed by atoms with E-state index in [1.165, 1.54) is 27.8 Å². The zero-order valence-electron chi connectivity index (χ0n) is 10.9. The lowest BCUT2D eigenvalue weighted by atomic mass is 9.96. The molecule has 90 valence electrons. The third kappa shape index (κ3) is 2.27. The molecule has 2 heteroatoms. The summed E-state index contributed by atoms with van der Waals surface area (Å²) in [4.78, 5) is 0. The summed E-state index contributed by atoms with van der Waals surface area (Å²) >= 11 is 0. The van der Waals surface area contributed by atoms with E-state index in [9.17, 15) is 0 Å². The average Bonchev–Trinajstić information content (AvgIpc) is 2.72. The Labute approximate surface area is 103 Å². The van der Waals surface area contributed by atoms with Crippen molar-refractivity contribution < 1.29 is 4.42 Å². The van der Waals surface area contributed by atoms with Gasteiger partial charge < -0.3 is 9.73 Å². The van der Waals surface area contributed by atoms with Gasteiger partial charge in [0.05, 0.1) is 12.8 Å². The highest BCUT2D eigenvalue weighted by Crippen LogP contribution is 2.30. The van der Waals surface area contributed by atoms with E-state index in [1.54, 1.807) is 6.26 Å². The van der Waals surface area contributed by atoms with Crippen LogP contribution in [0.2, 0.25) is 0 Å². The van der Waals surface area contributed by atoms with Gasteiger partial charge in [-0.2, -0.15) is 0 Å². The first-order valence-electron chi connectivity index (χ1n) is 5.92. The predicted octanol–water partition coefficient (Wildman–Crippen LogP) is 3.59. The quantitative estimate of drug-likeness (QED) is 0.870. The first-order valence-corrected chi connectivity index (χ1v) is 5.92. The second-order valence-corrected chi connectivity index (χ2v) is 4.54. The van der Waals surface area contributed by atoms with Gasteiger partial charge in [0, 0.05) is 5.56 Å². The molecule has 17 heavy (non-hydrogen) atoms. The minimum absolute atomic E-state index is 0.759. The number of benzene rings is 1. The Morgan fingerprint density at radius 2 is 1.71 bits per heavy atom. The number of nitrogens with one attached hydrogen (secondary N) is 1. The largest absolute Gasteiger partial charge is 0.467 e. The molecule has 1 aromatic carbocycles. The first-order chi connectivity index (χ1) is 8.13. The molecule has 0 unspecified atom stereocenters. The molecule has 2 aromatic rings. The predicted molar refractivity (Wildman–Crippen MR) is 71.1 cm³/mol. The van der Waals surface area contributed by atoms with E-state index in [4.69, 9.17) is 4.42 Å². The maximum atomic E-state index is 5.52. The Morgan fingerprint density at radius 1 is 1.00 bits per heavy atom. The van der Waals surface area contributed by atoms with Crippen LogP contribution in [0.5, 0.6) is 0 Å². The van der Waals surface area contributed by atoms with Crippen molar-refractivity contribution in [3.05, 3.63) is 46.9 Å². The van der Waals surface area contributed by atoms with E-state index in [-0.39, 0.29) is 0 Å². The lowest BCUT2D eigenvalue weighted by Gasteiger charge is -2.10. The van der Waals surface area contributed by atoms with E-state index in [1.807, 2.05) is 13.1 Å². The number of hydrogen-bond donors (Lipinski definition) is 1. The van der Waals surface area contributed by atoms with Gasteiger partial charge in [0.2, 0.25) is 0 Å². The van der Waals surface area contributed by atoms with Crippen LogP contribution in [0, 0.1) is 20.8 Å². The highest BCUT2D eigenvalue weighted by molar-refractivity contribution is 5.70. The smallest absolute Gasteiger partial charge is 0.125 e. The molecule has 1 heterocycles. The molecule has 0 bridgehead atoms. The molecule has 0 fully saturated rings. The Morgan fingerprint density at radius 3 is 2.41 bits per heavy atom. The minimum Gasteiger partial charge on any atom is -0.467 e. The lowest BCUT2D eigenvalue weighted by Crippen LogP contribution is -2.05. The Hall–Kier alpha value is -1.54. The molecule has 0 radical (unpaired) electrons. The van der Waals surface area contributed by atoms with Gasteiger partial charge in [-0.15, -0.1) is 0 Å². The molecular weight excluding hydrogens is 210 g/mol. The topological polar surface area (TPSA) is 25.2 Å². The summed E-state index contributed by atoms with van der Waals surface area (Å²) < 4.78 is 5.52. The van der Waals surface area contributed by atoms with Crippen molar-refractivity contribution >= 4 is 0 Å². The number of aryl methyl sites for hydroxylation is 3. The zero-order chi connectivity index (χ0) is 12.4. The van der Waals surface area contributed by atoms with Gasteiger partial charge in [0.1, 0.15) is 5.76 Å². The van der Waals surface area contributed by atoms with Gasteiger partial charge in [-0.3, -0.25) is 0 Å². The normalized spacial score (nSPS) is 10.8. The van der Waals surface area contributed by atoms with Crippen molar-refractivity contribution in [2.24, 2.45) is 0 Å². The van der Waals surface area contributed by atoms with Crippen LogP contribution in [0.25, 0.3) is 11.1 Å².